The van der Waals surface area contributed by atoms with E-state index in [-0.39, 0.29) is 5.84 Å². The first kappa shape index (κ1) is 13.6. The molecular formula is C14H23N3. The number of nitrogen functional groups attached to an aromatic ring is 1. The van der Waals surface area contributed by atoms with Crippen LogP contribution in [0.4, 0.5) is 5.69 Å². The first-order valence-electron chi connectivity index (χ1n) is 6.19. The van der Waals surface area contributed by atoms with Gasteiger partial charge >= 0.3 is 0 Å². The molecule has 17 heavy (non-hydrogen) atoms. The molecule has 0 aliphatic heterocycles. The van der Waals surface area contributed by atoms with E-state index in [1.54, 1.807) is 0 Å². The number of nitrogens with two attached hydrogens (primary N) is 1. The third-order valence-corrected chi connectivity index (χ3v) is 3.38. The molecule has 0 unspecified atom stereocenters. The van der Waals surface area contributed by atoms with E-state index in [4.69, 9.17) is 11.1 Å². The van der Waals surface area contributed by atoms with Gasteiger partial charge in [0.2, 0.25) is 0 Å². The van der Waals surface area contributed by atoms with Crippen LogP contribution >= 0.6 is 0 Å². The fourth-order valence-electron chi connectivity index (χ4n) is 2.25. The SMILES string of the molecule is CCC(CC)N(C)c1ccc(C(=N)N)cc1C. The topological polar surface area (TPSA) is 53.1 Å². The van der Waals surface area contributed by atoms with E-state index in [2.05, 4.69) is 38.8 Å². The Morgan fingerprint density at radius 1 is 1.35 bits per heavy atom. The van der Waals surface area contributed by atoms with Crippen LogP contribution in [0.15, 0.2) is 18.2 Å². The Bertz CT molecular complexity index is 394. The van der Waals surface area contributed by atoms with Crippen LogP contribution in [0.5, 0.6) is 0 Å². The number of hydrogen-bond donors (Lipinski definition) is 2. The number of benzene rings is 1. The standard InChI is InChI=1S/C14H23N3/c1-5-12(6-2)17(4)13-8-7-11(14(15)16)9-10(13)3/h7-9,12H,5-6H2,1-4H3,(H3,15,16). The average molecular weight is 233 g/mol. The zero-order chi connectivity index (χ0) is 13.0. The molecule has 0 aliphatic carbocycles. The van der Waals surface area contributed by atoms with Crippen molar-refractivity contribution in [3.8, 4) is 0 Å². The second-order valence-corrected chi connectivity index (χ2v) is 4.50. The summed E-state index contributed by atoms with van der Waals surface area (Å²) in [5.74, 6) is 0.129. The molecule has 3 nitrogen and oxygen atoms in total. The Hall–Kier alpha value is -1.51. The molecule has 3 N–H and O–H groups in total. The van der Waals surface area contributed by atoms with Crippen molar-refractivity contribution >= 4 is 11.5 Å². The highest BCUT2D eigenvalue weighted by Gasteiger charge is 2.13. The number of amidine groups is 1. The van der Waals surface area contributed by atoms with Gasteiger partial charge in [0.15, 0.2) is 0 Å². The van der Waals surface area contributed by atoms with Crippen LogP contribution < -0.4 is 10.6 Å². The Morgan fingerprint density at radius 2 is 1.94 bits per heavy atom. The Balaban J connectivity index is 3.03. The minimum Gasteiger partial charge on any atom is -0.384 e. The van der Waals surface area contributed by atoms with Crippen LogP contribution in [-0.4, -0.2) is 18.9 Å². The van der Waals surface area contributed by atoms with E-state index in [1.807, 2.05) is 12.1 Å². The van der Waals surface area contributed by atoms with Crippen LogP contribution in [0.3, 0.4) is 0 Å². The van der Waals surface area contributed by atoms with Crippen LogP contribution in [0, 0.1) is 12.3 Å². The third-order valence-electron chi connectivity index (χ3n) is 3.38. The fraction of sp³-hybridized carbons (Fsp3) is 0.500. The summed E-state index contributed by atoms with van der Waals surface area (Å²) in [6, 6.07) is 6.53. The molecule has 1 rings (SSSR count). The lowest BCUT2D eigenvalue weighted by atomic mass is 10.1. The van der Waals surface area contributed by atoms with E-state index in [0.717, 1.165) is 18.4 Å². The number of nitrogens with zero attached hydrogens (tertiary/aromatic N) is 1. The minimum absolute atomic E-state index is 0.129. The molecular weight excluding hydrogens is 210 g/mol. The number of hydrogen-bond acceptors (Lipinski definition) is 2. The van der Waals surface area contributed by atoms with Crippen molar-refractivity contribution in [3.63, 3.8) is 0 Å². The molecule has 3 heteroatoms. The van der Waals surface area contributed by atoms with E-state index in [0.29, 0.717) is 6.04 Å². The van der Waals surface area contributed by atoms with Gasteiger partial charge in [-0.25, -0.2) is 0 Å². The van der Waals surface area contributed by atoms with Gasteiger partial charge in [0.1, 0.15) is 5.84 Å². The van der Waals surface area contributed by atoms with Gasteiger partial charge in [0.05, 0.1) is 0 Å². The van der Waals surface area contributed by atoms with E-state index in [9.17, 15) is 0 Å². The Morgan fingerprint density at radius 3 is 2.35 bits per heavy atom. The molecule has 0 atom stereocenters. The number of aryl methyl sites for hydroxylation is 1. The highest BCUT2D eigenvalue weighted by Crippen LogP contribution is 2.23. The highest BCUT2D eigenvalue weighted by molar-refractivity contribution is 5.95. The van der Waals surface area contributed by atoms with Crippen LogP contribution in [0.1, 0.15) is 37.8 Å². The monoisotopic (exact) mass is 233 g/mol. The van der Waals surface area contributed by atoms with Gasteiger partial charge in [-0.15, -0.1) is 0 Å². The Labute approximate surface area is 104 Å². The van der Waals surface area contributed by atoms with Gasteiger partial charge in [0, 0.05) is 24.3 Å². The predicted molar refractivity (Wildman–Crippen MR) is 75.0 cm³/mol. The van der Waals surface area contributed by atoms with Crippen LogP contribution in [0.25, 0.3) is 0 Å². The lowest BCUT2D eigenvalue weighted by Crippen LogP contribution is -2.31. The van der Waals surface area contributed by atoms with E-state index in [1.165, 1.54) is 11.3 Å². The molecule has 0 fully saturated rings. The summed E-state index contributed by atoms with van der Waals surface area (Å²) in [5.41, 5.74) is 8.69. The van der Waals surface area contributed by atoms with Crippen LogP contribution in [-0.2, 0) is 0 Å². The number of nitrogens with one attached hydrogen (secondary N) is 1. The summed E-state index contributed by atoms with van der Waals surface area (Å²) in [6.45, 7) is 6.49. The Kier molecular flexibility index (Phi) is 4.55. The second-order valence-electron chi connectivity index (χ2n) is 4.50. The van der Waals surface area contributed by atoms with Crippen molar-refractivity contribution in [2.75, 3.05) is 11.9 Å². The van der Waals surface area contributed by atoms with Crippen LogP contribution in [0.2, 0.25) is 0 Å². The summed E-state index contributed by atoms with van der Waals surface area (Å²) in [6.07, 6.45) is 2.28. The van der Waals surface area contributed by atoms with Crippen molar-refractivity contribution in [2.45, 2.75) is 39.7 Å². The molecule has 0 aromatic heterocycles. The summed E-state index contributed by atoms with van der Waals surface area (Å²) in [7, 11) is 2.13. The molecule has 0 heterocycles. The van der Waals surface area contributed by atoms with Gasteiger partial charge in [-0.05, 0) is 43.5 Å². The molecule has 1 aromatic carbocycles. The molecule has 94 valence electrons. The molecule has 0 amide bonds. The maximum Gasteiger partial charge on any atom is 0.122 e. The van der Waals surface area contributed by atoms with E-state index < -0.39 is 0 Å². The quantitative estimate of drug-likeness (QED) is 0.607. The lowest BCUT2D eigenvalue weighted by Gasteiger charge is -2.30. The maximum absolute atomic E-state index is 7.43. The highest BCUT2D eigenvalue weighted by atomic mass is 15.1. The van der Waals surface area contributed by atoms with Crippen molar-refractivity contribution in [2.24, 2.45) is 5.73 Å². The van der Waals surface area contributed by atoms with Crippen molar-refractivity contribution in [1.82, 2.24) is 0 Å². The molecule has 0 radical (unpaired) electrons. The van der Waals surface area contributed by atoms with Gasteiger partial charge in [-0.1, -0.05) is 13.8 Å². The first-order valence-corrected chi connectivity index (χ1v) is 6.19. The first-order chi connectivity index (χ1) is 8.01. The molecule has 0 bridgehead atoms. The van der Waals surface area contributed by atoms with Gasteiger partial charge in [0.25, 0.3) is 0 Å². The summed E-state index contributed by atoms with van der Waals surface area (Å²) < 4.78 is 0. The molecule has 0 saturated carbocycles. The lowest BCUT2D eigenvalue weighted by molar-refractivity contribution is 0.591. The van der Waals surface area contributed by atoms with Gasteiger partial charge < -0.3 is 10.6 Å². The average Bonchev–Trinajstić information content (AvgIpc) is 2.30. The normalized spacial score (nSPS) is 10.6. The number of rotatable bonds is 5. The summed E-state index contributed by atoms with van der Waals surface area (Å²) >= 11 is 0. The minimum atomic E-state index is 0.129. The van der Waals surface area contributed by atoms with Crippen molar-refractivity contribution < 1.29 is 0 Å². The molecule has 0 aliphatic rings. The zero-order valence-corrected chi connectivity index (χ0v) is 11.2. The van der Waals surface area contributed by atoms with Crippen molar-refractivity contribution in [1.29, 1.82) is 5.41 Å². The largest absolute Gasteiger partial charge is 0.384 e. The summed E-state index contributed by atoms with van der Waals surface area (Å²) in [4.78, 5) is 2.32. The van der Waals surface area contributed by atoms with E-state index >= 15 is 0 Å². The van der Waals surface area contributed by atoms with Crippen molar-refractivity contribution in [3.05, 3.63) is 29.3 Å². The predicted octanol–water partition coefficient (Wildman–Crippen LogP) is 2.90. The van der Waals surface area contributed by atoms with Gasteiger partial charge in [-0.2, -0.15) is 0 Å². The summed E-state index contributed by atoms with van der Waals surface area (Å²) in [5, 5.41) is 7.43. The zero-order valence-electron chi connectivity index (χ0n) is 11.2. The number of anilines is 1. The second kappa shape index (κ2) is 5.71. The third kappa shape index (κ3) is 2.99. The molecule has 0 spiro atoms. The molecule has 1 aromatic rings. The van der Waals surface area contributed by atoms with Gasteiger partial charge in [-0.3, -0.25) is 5.41 Å². The fourth-order valence-corrected chi connectivity index (χ4v) is 2.25. The molecule has 0 saturated heterocycles. The maximum atomic E-state index is 7.43. The smallest absolute Gasteiger partial charge is 0.122 e.